The monoisotopic (exact) mass is 696 g/mol. The number of methoxy groups -OCH3 is 1. The zero-order chi connectivity index (χ0) is 26.5. The standard InChI is InChI=1S/C26H19BrFIN2O5S/c1-35-21-11-16(10-20(27)24(21)36-14-15-3-2-4-17(28)9-15)12-22-25(33)31(26(34)37-22)13-23(32)30-19-7-5-18(29)6-8-19/h2-12H,13-14H2,1H3,(H,30,32)/b22-12+. The summed E-state index contributed by atoms with van der Waals surface area (Å²) in [5, 5.41) is 2.15. The van der Waals surface area contributed by atoms with Crippen LogP contribution in [0.5, 0.6) is 11.5 Å². The third-order valence-corrected chi connectivity index (χ3v) is 7.34. The molecule has 7 nitrogen and oxygen atoms in total. The van der Waals surface area contributed by atoms with Gasteiger partial charge in [0.2, 0.25) is 5.91 Å². The van der Waals surface area contributed by atoms with Crippen LogP contribution < -0.4 is 14.8 Å². The van der Waals surface area contributed by atoms with Gasteiger partial charge in [0.1, 0.15) is 19.0 Å². The number of carbonyl (C=O) groups excluding carboxylic acids is 3. The number of hydrogen-bond donors (Lipinski definition) is 1. The van der Waals surface area contributed by atoms with Crippen LogP contribution in [0, 0.1) is 9.39 Å². The second-order valence-electron chi connectivity index (χ2n) is 7.78. The van der Waals surface area contributed by atoms with Gasteiger partial charge in [0, 0.05) is 9.26 Å². The van der Waals surface area contributed by atoms with Gasteiger partial charge in [-0.3, -0.25) is 19.3 Å². The molecule has 1 N–H and O–H groups in total. The van der Waals surface area contributed by atoms with Crippen molar-refractivity contribution in [2.45, 2.75) is 6.61 Å². The number of nitrogens with zero attached hydrogens (tertiary/aromatic N) is 1. The Balaban J connectivity index is 1.46. The lowest BCUT2D eigenvalue weighted by atomic mass is 10.1. The molecule has 0 unspecified atom stereocenters. The maximum absolute atomic E-state index is 13.5. The molecule has 190 valence electrons. The van der Waals surface area contributed by atoms with Gasteiger partial charge in [-0.25, -0.2) is 4.39 Å². The van der Waals surface area contributed by atoms with Crippen LogP contribution in [0.25, 0.3) is 6.08 Å². The molecule has 11 heteroatoms. The number of hydrogen-bond acceptors (Lipinski definition) is 6. The SMILES string of the molecule is COc1cc(/C=C2/SC(=O)N(CC(=O)Nc3ccc(I)cc3)C2=O)cc(Br)c1OCc1cccc(F)c1. The topological polar surface area (TPSA) is 84.9 Å². The predicted octanol–water partition coefficient (Wildman–Crippen LogP) is 6.46. The predicted molar refractivity (Wildman–Crippen MR) is 152 cm³/mol. The highest BCUT2D eigenvalue weighted by Crippen LogP contribution is 2.39. The minimum atomic E-state index is -0.561. The summed E-state index contributed by atoms with van der Waals surface area (Å²) in [6.07, 6.45) is 1.55. The lowest BCUT2D eigenvalue weighted by Crippen LogP contribution is -2.36. The Morgan fingerprint density at radius 3 is 2.62 bits per heavy atom. The van der Waals surface area contributed by atoms with Crippen LogP contribution in [-0.2, 0) is 16.2 Å². The number of anilines is 1. The molecule has 1 aliphatic heterocycles. The van der Waals surface area contributed by atoms with Crippen molar-refractivity contribution >= 4 is 79.1 Å². The molecule has 1 aliphatic rings. The van der Waals surface area contributed by atoms with Crippen molar-refractivity contribution < 1.29 is 28.2 Å². The Bertz CT molecular complexity index is 1400. The molecule has 37 heavy (non-hydrogen) atoms. The van der Waals surface area contributed by atoms with Crippen LogP contribution in [0.15, 0.2) is 70.0 Å². The van der Waals surface area contributed by atoms with Gasteiger partial charge in [0.05, 0.1) is 16.5 Å². The van der Waals surface area contributed by atoms with Crippen molar-refractivity contribution in [3.8, 4) is 11.5 Å². The number of rotatable bonds is 8. The van der Waals surface area contributed by atoms with E-state index in [0.717, 1.165) is 20.2 Å². The fourth-order valence-electron chi connectivity index (χ4n) is 3.41. The van der Waals surface area contributed by atoms with E-state index in [0.29, 0.717) is 32.8 Å². The van der Waals surface area contributed by atoms with E-state index in [2.05, 4.69) is 43.8 Å². The summed E-state index contributed by atoms with van der Waals surface area (Å²) in [5.74, 6) is -0.607. The Morgan fingerprint density at radius 2 is 1.92 bits per heavy atom. The molecule has 1 saturated heterocycles. The van der Waals surface area contributed by atoms with Gasteiger partial charge in [-0.2, -0.15) is 0 Å². The molecule has 3 aromatic carbocycles. The minimum absolute atomic E-state index is 0.120. The van der Waals surface area contributed by atoms with E-state index in [-0.39, 0.29) is 17.3 Å². The summed E-state index contributed by atoms with van der Waals surface area (Å²) in [6.45, 7) is -0.275. The first-order valence-corrected chi connectivity index (χ1v) is 13.5. The number of carbonyl (C=O) groups is 3. The highest BCUT2D eigenvalue weighted by Gasteiger charge is 2.36. The molecule has 4 rings (SSSR count). The van der Waals surface area contributed by atoms with E-state index in [1.54, 1.807) is 42.5 Å². The van der Waals surface area contributed by atoms with Crippen molar-refractivity contribution in [1.82, 2.24) is 4.90 Å². The average Bonchev–Trinajstić information content (AvgIpc) is 3.11. The first kappa shape index (κ1) is 27.1. The number of imide groups is 1. The van der Waals surface area contributed by atoms with Gasteiger partial charge in [-0.15, -0.1) is 0 Å². The van der Waals surface area contributed by atoms with E-state index in [1.165, 1.54) is 19.2 Å². The number of nitrogens with one attached hydrogen (secondary N) is 1. The Labute approximate surface area is 238 Å². The average molecular weight is 697 g/mol. The summed E-state index contributed by atoms with van der Waals surface area (Å²) in [5.41, 5.74) is 1.80. The zero-order valence-corrected chi connectivity index (χ0v) is 23.9. The van der Waals surface area contributed by atoms with Crippen molar-refractivity contribution in [2.75, 3.05) is 19.0 Å². The quantitative estimate of drug-likeness (QED) is 0.215. The van der Waals surface area contributed by atoms with Crippen LogP contribution in [-0.4, -0.2) is 35.6 Å². The number of halogens is 3. The first-order valence-electron chi connectivity index (χ1n) is 10.8. The molecule has 3 amide bonds. The smallest absolute Gasteiger partial charge is 0.294 e. The van der Waals surface area contributed by atoms with Crippen molar-refractivity contribution in [1.29, 1.82) is 0 Å². The van der Waals surface area contributed by atoms with Crippen molar-refractivity contribution in [3.63, 3.8) is 0 Å². The number of ether oxygens (including phenoxy) is 2. The molecular weight excluding hydrogens is 678 g/mol. The van der Waals surface area contributed by atoms with Crippen LogP contribution in [0.3, 0.4) is 0 Å². The van der Waals surface area contributed by atoms with E-state index in [9.17, 15) is 18.8 Å². The molecule has 0 aromatic heterocycles. The van der Waals surface area contributed by atoms with E-state index in [1.807, 2.05) is 12.1 Å². The third-order valence-electron chi connectivity index (χ3n) is 5.13. The van der Waals surface area contributed by atoms with Gasteiger partial charge in [0.15, 0.2) is 11.5 Å². The molecule has 1 fully saturated rings. The number of amides is 3. The summed E-state index contributed by atoms with van der Waals surface area (Å²) in [4.78, 5) is 38.8. The maximum Gasteiger partial charge on any atom is 0.294 e. The lowest BCUT2D eigenvalue weighted by molar-refractivity contribution is -0.127. The summed E-state index contributed by atoms with van der Waals surface area (Å²) < 4.78 is 26.3. The molecule has 3 aromatic rings. The van der Waals surface area contributed by atoms with Crippen LogP contribution in [0.4, 0.5) is 14.9 Å². The number of benzene rings is 3. The van der Waals surface area contributed by atoms with Gasteiger partial charge in [-0.05, 0) is 116 Å². The Kier molecular flexibility index (Phi) is 8.87. The molecule has 0 bridgehead atoms. The largest absolute Gasteiger partial charge is 0.493 e. The lowest BCUT2D eigenvalue weighted by Gasteiger charge is -2.14. The normalized spacial score (nSPS) is 14.3. The van der Waals surface area contributed by atoms with Crippen LogP contribution in [0.2, 0.25) is 0 Å². The minimum Gasteiger partial charge on any atom is -0.493 e. The molecule has 0 radical (unpaired) electrons. The van der Waals surface area contributed by atoms with Crippen molar-refractivity contribution in [2.24, 2.45) is 0 Å². The van der Waals surface area contributed by atoms with Gasteiger partial charge < -0.3 is 14.8 Å². The third kappa shape index (κ3) is 6.90. The molecule has 0 saturated carbocycles. The Morgan fingerprint density at radius 1 is 1.16 bits per heavy atom. The molecule has 0 aliphatic carbocycles. The number of thioether (sulfide) groups is 1. The summed E-state index contributed by atoms with van der Waals surface area (Å²) in [6, 6.07) is 16.6. The fraction of sp³-hybridized carbons (Fsp3) is 0.115. The molecule has 0 spiro atoms. The molecule has 0 atom stereocenters. The summed E-state index contributed by atoms with van der Waals surface area (Å²) in [7, 11) is 1.47. The second-order valence-corrected chi connectivity index (χ2v) is 10.9. The van der Waals surface area contributed by atoms with E-state index < -0.39 is 23.6 Å². The second kappa shape index (κ2) is 12.1. The van der Waals surface area contributed by atoms with Crippen LogP contribution >= 0.6 is 50.3 Å². The van der Waals surface area contributed by atoms with Crippen LogP contribution in [0.1, 0.15) is 11.1 Å². The first-order chi connectivity index (χ1) is 17.7. The maximum atomic E-state index is 13.5. The highest BCUT2D eigenvalue weighted by atomic mass is 127. The van der Waals surface area contributed by atoms with E-state index >= 15 is 0 Å². The Hall–Kier alpha value is -2.90. The van der Waals surface area contributed by atoms with E-state index in [4.69, 9.17) is 9.47 Å². The van der Waals surface area contributed by atoms with Gasteiger partial charge in [0.25, 0.3) is 11.1 Å². The van der Waals surface area contributed by atoms with Gasteiger partial charge >= 0.3 is 0 Å². The highest BCUT2D eigenvalue weighted by molar-refractivity contribution is 14.1. The zero-order valence-electron chi connectivity index (χ0n) is 19.3. The van der Waals surface area contributed by atoms with Gasteiger partial charge in [-0.1, -0.05) is 12.1 Å². The fourth-order valence-corrected chi connectivity index (χ4v) is 5.18. The summed E-state index contributed by atoms with van der Waals surface area (Å²) >= 11 is 6.36. The molecular formula is C26H19BrFIN2O5S. The molecule has 1 heterocycles. The van der Waals surface area contributed by atoms with Crippen molar-refractivity contribution in [3.05, 3.63) is 90.6 Å².